The van der Waals surface area contributed by atoms with Crippen LogP contribution in [0.25, 0.3) is 22.3 Å². The van der Waals surface area contributed by atoms with Gasteiger partial charge in [-0.2, -0.15) is 13.2 Å². The Morgan fingerprint density at radius 1 is 1.06 bits per heavy atom. The number of alkyl halides is 3. The zero-order valence-electron chi connectivity index (χ0n) is 19.3. The first-order chi connectivity index (χ1) is 17.2. The number of methoxy groups -OCH3 is 2. The quantitative estimate of drug-likeness (QED) is 0.380. The molecule has 1 fully saturated rings. The van der Waals surface area contributed by atoms with Crippen LogP contribution in [0, 0.1) is 0 Å². The van der Waals surface area contributed by atoms with Crippen LogP contribution in [0.15, 0.2) is 53.2 Å². The van der Waals surface area contributed by atoms with Crippen LogP contribution >= 0.6 is 0 Å². The van der Waals surface area contributed by atoms with E-state index in [1.165, 1.54) is 0 Å². The van der Waals surface area contributed by atoms with Crippen molar-refractivity contribution in [3.05, 3.63) is 60.0 Å². The van der Waals surface area contributed by atoms with Crippen LogP contribution in [-0.2, 0) is 16.6 Å². The fourth-order valence-corrected chi connectivity index (χ4v) is 4.00. The zero-order chi connectivity index (χ0) is 25.5. The molecular formula is C25H21F3N4O4. The van der Waals surface area contributed by atoms with Gasteiger partial charge in [-0.25, -0.2) is 4.98 Å². The average Bonchev–Trinajstić information content (AvgIpc) is 3.57. The summed E-state index contributed by atoms with van der Waals surface area (Å²) in [5, 5.41) is 6.07. The molecule has 36 heavy (non-hydrogen) atoms. The number of anilines is 1. The van der Waals surface area contributed by atoms with E-state index < -0.39 is 17.5 Å². The number of hydrogen-bond acceptors (Lipinski definition) is 7. The van der Waals surface area contributed by atoms with Crippen molar-refractivity contribution in [1.82, 2.24) is 15.1 Å². The van der Waals surface area contributed by atoms with Crippen LogP contribution in [0.3, 0.4) is 0 Å². The molecule has 5 rings (SSSR count). The maximum Gasteiger partial charge on any atom is 0.401 e. The molecule has 1 saturated carbocycles. The molecule has 0 bridgehead atoms. The molecule has 0 saturated heterocycles. The van der Waals surface area contributed by atoms with E-state index in [4.69, 9.17) is 14.0 Å². The number of hydrogen-bond donors (Lipinski definition) is 1. The maximum atomic E-state index is 13.2. The van der Waals surface area contributed by atoms with Crippen LogP contribution in [0.2, 0.25) is 0 Å². The molecule has 186 valence electrons. The van der Waals surface area contributed by atoms with Crippen molar-refractivity contribution in [1.29, 1.82) is 0 Å². The Morgan fingerprint density at radius 2 is 1.72 bits per heavy atom. The van der Waals surface area contributed by atoms with Gasteiger partial charge in [-0.15, -0.1) is 0 Å². The minimum Gasteiger partial charge on any atom is -0.493 e. The second-order valence-corrected chi connectivity index (χ2v) is 8.53. The summed E-state index contributed by atoms with van der Waals surface area (Å²) in [5.41, 5.74) is 1.45. The van der Waals surface area contributed by atoms with Crippen molar-refractivity contribution in [2.24, 2.45) is 0 Å². The first-order valence-electron chi connectivity index (χ1n) is 11.0. The van der Waals surface area contributed by atoms with Crippen molar-refractivity contribution >= 4 is 22.8 Å². The van der Waals surface area contributed by atoms with Crippen molar-refractivity contribution in [2.45, 2.75) is 30.9 Å². The standard InChI is InChI=1S/C25H21F3N4O4/c1-34-19-10-16-17(11-20(19)35-2)30-18(13-29-16)15-5-3-14(4-6-15)9-23(33)31-22-12-21(36-32-22)24(7-8-24)25(26,27)28/h3-6,10-13H,7-9H2,1-2H3,(H,31,32,33). The number of halogens is 3. The fourth-order valence-electron chi connectivity index (χ4n) is 4.00. The number of aromatic nitrogens is 3. The second-order valence-electron chi connectivity index (χ2n) is 8.53. The van der Waals surface area contributed by atoms with Gasteiger partial charge in [0.05, 0.1) is 43.6 Å². The highest BCUT2D eigenvalue weighted by Gasteiger charge is 2.66. The highest BCUT2D eigenvalue weighted by atomic mass is 19.4. The van der Waals surface area contributed by atoms with Crippen LogP contribution in [-0.4, -0.2) is 41.4 Å². The third-order valence-corrected chi connectivity index (χ3v) is 6.20. The minimum absolute atomic E-state index is 0.00722. The third-order valence-electron chi connectivity index (χ3n) is 6.20. The van der Waals surface area contributed by atoms with Gasteiger partial charge in [-0.05, 0) is 18.4 Å². The van der Waals surface area contributed by atoms with Gasteiger partial charge >= 0.3 is 6.18 Å². The summed E-state index contributed by atoms with van der Waals surface area (Å²) in [6.07, 6.45) is -2.85. The summed E-state index contributed by atoms with van der Waals surface area (Å²) in [4.78, 5) is 21.5. The lowest BCUT2D eigenvalue weighted by Crippen LogP contribution is -2.28. The number of fused-ring (bicyclic) bond motifs is 1. The SMILES string of the molecule is COc1cc2ncc(-c3ccc(CC(=O)Nc4cc(C5(C(F)(F)F)CC5)on4)cc3)nc2cc1OC. The van der Waals surface area contributed by atoms with Crippen molar-refractivity contribution in [3.8, 4) is 22.8 Å². The van der Waals surface area contributed by atoms with E-state index in [2.05, 4.69) is 20.4 Å². The Morgan fingerprint density at radius 3 is 2.33 bits per heavy atom. The van der Waals surface area contributed by atoms with Gasteiger partial charge in [0.2, 0.25) is 5.91 Å². The molecule has 4 aromatic rings. The van der Waals surface area contributed by atoms with Crippen LogP contribution in [0.5, 0.6) is 11.5 Å². The number of rotatable bonds is 7. The predicted octanol–water partition coefficient (Wildman–Crippen LogP) is 5.08. The summed E-state index contributed by atoms with van der Waals surface area (Å²) in [5.74, 6) is 0.362. The maximum absolute atomic E-state index is 13.2. The highest BCUT2D eigenvalue weighted by molar-refractivity contribution is 5.91. The van der Waals surface area contributed by atoms with Gasteiger partial charge in [0, 0.05) is 23.8 Å². The van der Waals surface area contributed by atoms with Gasteiger partial charge < -0.3 is 19.3 Å². The molecule has 0 unspecified atom stereocenters. The smallest absolute Gasteiger partial charge is 0.401 e. The van der Waals surface area contributed by atoms with E-state index in [1.807, 2.05) is 12.1 Å². The van der Waals surface area contributed by atoms with E-state index in [0.717, 1.165) is 11.6 Å². The molecule has 1 aliphatic carbocycles. The van der Waals surface area contributed by atoms with E-state index >= 15 is 0 Å². The molecule has 1 amide bonds. The Bertz CT molecular complexity index is 1430. The largest absolute Gasteiger partial charge is 0.493 e. The van der Waals surface area contributed by atoms with E-state index in [0.29, 0.717) is 33.8 Å². The molecule has 2 heterocycles. The third kappa shape index (κ3) is 4.32. The lowest BCUT2D eigenvalue weighted by molar-refractivity contribution is -0.165. The van der Waals surface area contributed by atoms with Crippen molar-refractivity contribution < 1.29 is 32.0 Å². The molecule has 2 aromatic heterocycles. The minimum atomic E-state index is -4.41. The van der Waals surface area contributed by atoms with Gasteiger partial charge in [-0.3, -0.25) is 9.78 Å². The number of carbonyl (C=O) groups excluding carboxylic acids is 1. The van der Waals surface area contributed by atoms with Crippen LogP contribution in [0.1, 0.15) is 24.2 Å². The Balaban J connectivity index is 1.26. The Hall–Kier alpha value is -4.15. The summed E-state index contributed by atoms with van der Waals surface area (Å²) < 4.78 is 55.2. The Kier molecular flexibility index (Phi) is 5.77. The second kappa shape index (κ2) is 8.81. The Labute approximate surface area is 203 Å². The molecule has 0 spiro atoms. The average molecular weight is 498 g/mol. The van der Waals surface area contributed by atoms with Crippen molar-refractivity contribution in [2.75, 3.05) is 19.5 Å². The van der Waals surface area contributed by atoms with Gasteiger partial charge in [-0.1, -0.05) is 29.4 Å². The first kappa shape index (κ1) is 23.6. The lowest BCUT2D eigenvalue weighted by atomic mass is 10.0. The molecule has 0 aliphatic heterocycles. The molecule has 1 N–H and O–H groups in total. The first-order valence-corrected chi connectivity index (χ1v) is 11.0. The molecule has 11 heteroatoms. The summed E-state index contributed by atoms with van der Waals surface area (Å²) in [7, 11) is 3.09. The molecule has 8 nitrogen and oxygen atoms in total. The summed E-state index contributed by atoms with van der Waals surface area (Å²) >= 11 is 0. The monoisotopic (exact) mass is 498 g/mol. The summed E-state index contributed by atoms with van der Waals surface area (Å²) in [6.45, 7) is 0. The van der Waals surface area contributed by atoms with Gasteiger partial charge in [0.25, 0.3) is 0 Å². The van der Waals surface area contributed by atoms with E-state index in [-0.39, 0.29) is 30.8 Å². The topological polar surface area (TPSA) is 99.4 Å². The van der Waals surface area contributed by atoms with Crippen molar-refractivity contribution in [3.63, 3.8) is 0 Å². The number of benzene rings is 2. The molecule has 2 aromatic carbocycles. The summed E-state index contributed by atoms with van der Waals surface area (Å²) in [6, 6.07) is 11.8. The fraction of sp³-hybridized carbons (Fsp3) is 0.280. The van der Waals surface area contributed by atoms with E-state index in [9.17, 15) is 18.0 Å². The number of carbonyl (C=O) groups is 1. The molecule has 0 atom stereocenters. The van der Waals surface area contributed by atoms with E-state index in [1.54, 1.807) is 44.7 Å². The number of amides is 1. The molecule has 1 aliphatic rings. The highest BCUT2D eigenvalue weighted by Crippen LogP contribution is 2.59. The molecule has 0 radical (unpaired) electrons. The number of nitrogens with one attached hydrogen (secondary N) is 1. The van der Waals surface area contributed by atoms with Crippen LogP contribution in [0.4, 0.5) is 19.0 Å². The number of ether oxygens (including phenoxy) is 2. The lowest BCUT2D eigenvalue weighted by Gasteiger charge is -2.14. The normalized spacial score (nSPS) is 14.5. The van der Waals surface area contributed by atoms with Gasteiger partial charge in [0.15, 0.2) is 23.1 Å². The number of nitrogens with zero attached hydrogens (tertiary/aromatic N) is 3. The molecular weight excluding hydrogens is 477 g/mol. The predicted molar refractivity (Wildman–Crippen MR) is 124 cm³/mol. The zero-order valence-corrected chi connectivity index (χ0v) is 19.3. The van der Waals surface area contributed by atoms with Gasteiger partial charge in [0.1, 0.15) is 5.41 Å². The van der Waals surface area contributed by atoms with Crippen LogP contribution < -0.4 is 14.8 Å².